The summed E-state index contributed by atoms with van der Waals surface area (Å²) in [6.07, 6.45) is 6.68. The van der Waals surface area contributed by atoms with Crippen LogP contribution in [0, 0.1) is 5.82 Å². The lowest BCUT2D eigenvalue weighted by atomic mass is 10.1. The second-order valence-corrected chi connectivity index (χ2v) is 8.17. The Morgan fingerprint density at radius 1 is 1.17 bits per heavy atom. The molecule has 0 aliphatic carbocycles. The molecule has 9 nitrogen and oxygen atoms in total. The van der Waals surface area contributed by atoms with E-state index < -0.39 is 0 Å². The molecule has 182 valence electrons. The Morgan fingerprint density at radius 2 is 2.06 bits per heavy atom. The number of anilines is 1. The predicted octanol–water partition coefficient (Wildman–Crippen LogP) is 2.75. The number of amides is 1. The van der Waals surface area contributed by atoms with E-state index in [0.29, 0.717) is 49.7 Å². The van der Waals surface area contributed by atoms with Crippen molar-refractivity contribution in [2.75, 3.05) is 18.4 Å². The van der Waals surface area contributed by atoms with Gasteiger partial charge >= 0.3 is 0 Å². The maximum Gasteiger partial charge on any atom is 0.255 e. The summed E-state index contributed by atoms with van der Waals surface area (Å²) in [5.41, 5.74) is 9.32. The molecule has 35 heavy (non-hydrogen) atoms. The average molecular weight is 477 g/mol. The van der Waals surface area contributed by atoms with Crippen LogP contribution in [-0.2, 0) is 26.6 Å². The summed E-state index contributed by atoms with van der Waals surface area (Å²) in [4.78, 5) is 17.8. The van der Waals surface area contributed by atoms with Gasteiger partial charge in [0, 0.05) is 38.1 Å². The molecule has 0 spiro atoms. The van der Waals surface area contributed by atoms with Crippen molar-refractivity contribution in [1.82, 2.24) is 29.9 Å². The van der Waals surface area contributed by atoms with Crippen LogP contribution >= 0.6 is 0 Å². The number of hydrogen-bond donors (Lipinski definition) is 3. The van der Waals surface area contributed by atoms with Crippen molar-refractivity contribution in [3.63, 3.8) is 0 Å². The highest BCUT2D eigenvalue weighted by atomic mass is 19.1. The third kappa shape index (κ3) is 6.30. The van der Waals surface area contributed by atoms with E-state index in [2.05, 4.69) is 20.8 Å². The molecule has 4 N–H and O–H groups in total. The molecular weight excluding hydrogens is 447 g/mol. The molecule has 4 aromatic rings. The standard InChI is InChI=1S/C25H29FN8O/c1-33-17-19(15-31-33)23-7-6-22(24(32-23)28-11-8-18-4-2-5-20(26)14-18)25(35)29-16-21-9-12-30-34(21)13-3-10-27/h2,4-7,9,12,14-15,17H,3,8,10-11,13,16,27H2,1H3,(H,28,32)(H,29,35). The van der Waals surface area contributed by atoms with E-state index in [-0.39, 0.29) is 11.7 Å². The van der Waals surface area contributed by atoms with Gasteiger partial charge in [-0.1, -0.05) is 12.1 Å². The first-order valence-electron chi connectivity index (χ1n) is 11.5. The van der Waals surface area contributed by atoms with E-state index in [0.717, 1.165) is 23.2 Å². The number of carbonyl (C=O) groups excluding carboxylic acids is 1. The zero-order chi connectivity index (χ0) is 24.6. The van der Waals surface area contributed by atoms with Gasteiger partial charge in [0.05, 0.1) is 29.7 Å². The summed E-state index contributed by atoms with van der Waals surface area (Å²) in [5, 5.41) is 14.7. The number of halogens is 1. The Hall–Kier alpha value is -4.05. The summed E-state index contributed by atoms with van der Waals surface area (Å²) in [7, 11) is 1.84. The molecule has 0 unspecified atom stereocenters. The molecule has 0 aliphatic rings. The van der Waals surface area contributed by atoms with E-state index in [1.54, 1.807) is 35.3 Å². The van der Waals surface area contributed by atoms with Gasteiger partial charge < -0.3 is 16.4 Å². The van der Waals surface area contributed by atoms with Gasteiger partial charge in [0.25, 0.3) is 5.91 Å². The Balaban J connectivity index is 1.50. The van der Waals surface area contributed by atoms with Crippen LogP contribution in [0.1, 0.15) is 28.0 Å². The molecular formula is C25H29FN8O. The molecule has 10 heteroatoms. The first-order chi connectivity index (χ1) is 17.0. The van der Waals surface area contributed by atoms with Gasteiger partial charge in [-0.05, 0) is 55.3 Å². The summed E-state index contributed by atoms with van der Waals surface area (Å²) in [5.74, 6) is -0.0723. The number of carbonyl (C=O) groups is 1. The quantitative estimate of drug-likeness (QED) is 0.307. The number of aromatic nitrogens is 5. The fourth-order valence-electron chi connectivity index (χ4n) is 3.73. The van der Waals surface area contributed by atoms with E-state index in [1.165, 1.54) is 12.1 Å². The van der Waals surface area contributed by atoms with E-state index in [9.17, 15) is 9.18 Å². The fraction of sp³-hybridized carbons (Fsp3) is 0.280. The lowest BCUT2D eigenvalue weighted by molar-refractivity contribution is 0.0950. The Kier molecular flexibility index (Phi) is 7.84. The van der Waals surface area contributed by atoms with Gasteiger partial charge in [-0.15, -0.1) is 0 Å². The molecule has 4 rings (SSSR count). The van der Waals surface area contributed by atoms with Crippen molar-refractivity contribution in [1.29, 1.82) is 0 Å². The summed E-state index contributed by atoms with van der Waals surface area (Å²) in [6, 6.07) is 11.9. The first-order valence-corrected chi connectivity index (χ1v) is 11.5. The summed E-state index contributed by atoms with van der Waals surface area (Å²) < 4.78 is 17.1. The second kappa shape index (κ2) is 11.4. The highest BCUT2D eigenvalue weighted by Crippen LogP contribution is 2.22. The molecule has 3 aromatic heterocycles. The maximum atomic E-state index is 13.5. The van der Waals surface area contributed by atoms with Crippen molar-refractivity contribution >= 4 is 11.7 Å². The van der Waals surface area contributed by atoms with Gasteiger partial charge in [0.15, 0.2) is 0 Å². The fourth-order valence-corrected chi connectivity index (χ4v) is 3.73. The van der Waals surface area contributed by atoms with Crippen molar-refractivity contribution in [3.8, 4) is 11.3 Å². The van der Waals surface area contributed by atoms with E-state index in [1.807, 2.05) is 30.1 Å². The van der Waals surface area contributed by atoms with Crippen LogP contribution in [0.4, 0.5) is 10.2 Å². The molecule has 0 saturated heterocycles. The third-order valence-corrected chi connectivity index (χ3v) is 5.54. The normalized spacial score (nSPS) is 10.9. The molecule has 0 saturated carbocycles. The number of aryl methyl sites for hydroxylation is 2. The number of pyridine rings is 1. The largest absolute Gasteiger partial charge is 0.369 e. The van der Waals surface area contributed by atoms with Crippen LogP contribution in [0.3, 0.4) is 0 Å². The molecule has 1 amide bonds. The van der Waals surface area contributed by atoms with Crippen LogP contribution in [-0.4, -0.2) is 43.5 Å². The summed E-state index contributed by atoms with van der Waals surface area (Å²) >= 11 is 0. The Morgan fingerprint density at radius 3 is 2.83 bits per heavy atom. The molecule has 3 heterocycles. The van der Waals surface area contributed by atoms with Crippen LogP contribution in [0.2, 0.25) is 0 Å². The molecule has 0 fully saturated rings. The minimum atomic E-state index is -0.273. The summed E-state index contributed by atoms with van der Waals surface area (Å²) in [6.45, 7) is 2.09. The van der Waals surface area contributed by atoms with Gasteiger partial charge in [-0.2, -0.15) is 10.2 Å². The highest BCUT2D eigenvalue weighted by Gasteiger charge is 2.16. The lowest BCUT2D eigenvalue weighted by Gasteiger charge is -2.13. The number of rotatable bonds is 11. The van der Waals surface area contributed by atoms with Crippen molar-refractivity contribution in [2.45, 2.75) is 25.9 Å². The number of benzene rings is 1. The molecule has 0 bridgehead atoms. The maximum absolute atomic E-state index is 13.5. The zero-order valence-corrected chi connectivity index (χ0v) is 19.6. The smallest absolute Gasteiger partial charge is 0.255 e. The average Bonchev–Trinajstić information content (AvgIpc) is 3.50. The molecule has 0 radical (unpaired) electrons. The van der Waals surface area contributed by atoms with Gasteiger partial charge in [-0.25, -0.2) is 9.37 Å². The number of hydrogen-bond acceptors (Lipinski definition) is 6. The van der Waals surface area contributed by atoms with Gasteiger partial charge in [0.2, 0.25) is 0 Å². The predicted molar refractivity (Wildman–Crippen MR) is 132 cm³/mol. The van der Waals surface area contributed by atoms with E-state index in [4.69, 9.17) is 10.7 Å². The van der Waals surface area contributed by atoms with Gasteiger partial charge in [-0.3, -0.25) is 14.2 Å². The Labute approximate surface area is 203 Å². The lowest BCUT2D eigenvalue weighted by Crippen LogP contribution is -2.26. The zero-order valence-electron chi connectivity index (χ0n) is 19.6. The van der Waals surface area contributed by atoms with Crippen molar-refractivity contribution in [3.05, 3.63) is 83.7 Å². The van der Waals surface area contributed by atoms with Crippen molar-refractivity contribution in [2.24, 2.45) is 12.8 Å². The highest BCUT2D eigenvalue weighted by molar-refractivity contribution is 5.99. The monoisotopic (exact) mass is 476 g/mol. The molecule has 1 aromatic carbocycles. The minimum Gasteiger partial charge on any atom is -0.369 e. The molecule has 0 aliphatic heterocycles. The minimum absolute atomic E-state index is 0.255. The van der Waals surface area contributed by atoms with Crippen LogP contribution in [0.25, 0.3) is 11.3 Å². The molecule has 0 atom stereocenters. The number of nitrogens with one attached hydrogen (secondary N) is 2. The Bertz CT molecular complexity index is 1280. The first kappa shape index (κ1) is 24.1. The van der Waals surface area contributed by atoms with Crippen LogP contribution < -0.4 is 16.4 Å². The van der Waals surface area contributed by atoms with Crippen molar-refractivity contribution < 1.29 is 9.18 Å². The second-order valence-electron chi connectivity index (χ2n) is 8.17. The topological polar surface area (TPSA) is 116 Å². The number of nitrogens with zero attached hydrogens (tertiary/aromatic N) is 5. The van der Waals surface area contributed by atoms with Crippen LogP contribution in [0.5, 0.6) is 0 Å². The van der Waals surface area contributed by atoms with Gasteiger partial charge in [0.1, 0.15) is 11.6 Å². The number of nitrogens with two attached hydrogens (primary N) is 1. The van der Waals surface area contributed by atoms with E-state index >= 15 is 0 Å². The SMILES string of the molecule is Cn1cc(-c2ccc(C(=O)NCc3ccnn3CCCN)c(NCCc3cccc(F)c3)n2)cn1. The van der Waals surface area contributed by atoms with Crippen LogP contribution in [0.15, 0.2) is 61.1 Å². The third-order valence-electron chi connectivity index (χ3n) is 5.54.